The molecule has 14 heavy (non-hydrogen) atoms. The fourth-order valence-corrected chi connectivity index (χ4v) is 0.400. The summed E-state index contributed by atoms with van der Waals surface area (Å²) in [6, 6.07) is 0. The summed E-state index contributed by atoms with van der Waals surface area (Å²) in [4.78, 5) is 4.36. The smallest absolute Gasteiger partial charge is 0.130 e. The van der Waals surface area contributed by atoms with Crippen molar-refractivity contribution >= 4 is 25.3 Å². The summed E-state index contributed by atoms with van der Waals surface area (Å²) in [6.07, 6.45) is 0. The van der Waals surface area contributed by atoms with Crippen molar-refractivity contribution in [2.24, 2.45) is 0 Å². The van der Waals surface area contributed by atoms with Crippen LogP contribution in [-0.4, -0.2) is 51.1 Å². The lowest BCUT2D eigenvalue weighted by atomic mass is 10.5. The molecule has 0 aliphatic heterocycles. The Hall–Kier alpha value is -0.400. The van der Waals surface area contributed by atoms with Gasteiger partial charge >= 0.3 is 0 Å². The summed E-state index contributed by atoms with van der Waals surface area (Å²) < 4.78 is 0. The van der Waals surface area contributed by atoms with Crippen molar-refractivity contribution in [3.8, 4) is 10.8 Å². The van der Waals surface area contributed by atoms with E-state index in [1.807, 2.05) is 0 Å². The van der Waals surface area contributed by atoms with Gasteiger partial charge < -0.3 is 9.80 Å². The number of hydrogen-bond donors (Lipinski definition) is 2. The zero-order valence-electron chi connectivity index (χ0n) is 9.10. The van der Waals surface area contributed by atoms with E-state index >= 15 is 0 Å². The molecule has 0 aliphatic rings. The van der Waals surface area contributed by atoms with Crippen LogP contribution in [0, 0.1) is 21.3 Å². The van der Waals surface area contributed by atoms with Gasteiger partial charge in [0.1, 0.15) is 10.8 Å². The van der Waals surface area contributed by atoms with Crippen molar-refractivity contribution < 1.29 is 0 Å². The van der Waals surface area contributed by atoms with E-state index in [9.17, 15) is 0 Å². The van der Waals surface area contributed by atoms with Crippen LogP contribution in [-0.2, 0) is 0 Å². The fourth-order valence-electron chi connectivity index (χ4n) is 0.400. The topological polar surface area (TPSA) is 54.1 Å². The van der Waals surface area contributed by atoms with Crippen molar-refractivity contribution in [2.45, 2.75) is 0 Å². The lowest BCUT2D eigenvalue weighted by Gasteiger charge is -2.13. The van der Waals surface area contributed by atoms with Gasteiger partial charge in [-0.05, 0) is 28.2 Å². The molecular weight excluding hydrogens is 216 g/mol. The van der Waals surface area contributed by atoms with Crippen LogP contribution in [0.2, 0.25) is 0 Å². The second-order valence-corrected chi connectivity index (χ2v) is 3.21. The molecule has 6 heteroatoms. The molecule has 0 bridgehead atoms. The lowest BCUT2D eigenvalue weighted by Crippen LogP contribution is -2.25. The van der Waals surface area contributed by atoms with E-state index in [1.165, 1.54) is 10.8 Å². The Morgan fingerprint density at radius 1 is 0.857 bits per heavy atom. The van der Waals surface area contributed by atoms with Gasteiger partial charge in [0.2, 0.25) is 0 Å². The van der Waals surface area contributed by atoms with Gasteiger partial charge in [0.05, 0.1) is 0 Å². The molecule has 0 heterocycles. The van der Waals surface area contributed by atoms with E-state index in [2.05, 4.69) is 63.2 Å². The van der Waals surface area contributed by atoms with Crippen molar-refractivity contribution in [3.05, 3.63) is 0 Å². The molecule has 0 N–H and O–H groups in total. The fraction of sp³-hybridized carbons (Fsp3) is 0.750. The first-order valence-electron chi connectivity index (χ1n) is 3.82. The van der Waals surface area contributed by atoms with E-state index in [0.717, 1.165) is 13.1 Å². The first kappa shape index (κ1) is 19.2. The molecule has 0 amide bonds. The number of nitrogens with zero attached hydrogens (tertiary/aromatic N) is 4. The quantitative estimate of drug-likeness (QED) is 0.563. The maximum absolute atomic E-state index is 7.18. The highest BCUT2D eigenvalue weighted by Crippen LogP contribution is 1.76. The van der Waals surface area contributed by atoms with Crippen LogP contribution in [0.4, 0.5) is 0 Å². The predicted molar refractivity (Wildman–Crippen MR) is 66.3 cm³/mol. The van der Waals surface area contributed by atoms with Crippen molar-refractivity contribution in [1.82, 2.24) is 9.80 Å². The number of nitriles is 2. The first-order chi connectivity index (χ1) is 6.45. The molecule has 0 aromatic rings. The van der Waals surface area contributed by atoms with E-state index in [0.29, 0.717) is 0 Å². The van der Waals surface area contributed by atoms with E-state index < -0.39 is 0 Å². The highest BCUT2D eigenvalue weighted by molar-refractivity contribution is 7.85. The minimum atomic E-state index is 1.15. The van der Waals surface area contributed by atoms with E-state index in [4.69, 9.17) is 10.5 Å². The third kappa shape index (κ3) is 61.6. The standard InChI is InChI=1S/C6H16N2.2CHNS/c1-7(2)5-6-8(3)4;2*2-1-3/h5-6H2,1-4H3;2*3H. The number of thiocyanates is 2. The summed E-state index contributed by atoms with van der Waals surface area (Å²) in [5, 5.41) is 17.3. The van der Waals surface area contributed by atoms with Gasteiger partial charge in [-0.25, -0.2) is 0 Å². The molecule has 0 spiro atoms. The summed E-state index contributed by atoms with van der Waals surface area (Å²) in [7, 11) is 8.35. The predicted octanol–water partition coefficient (Wildman–Crippen LogP) is 0.904. The van der Waals surface area contributed by atoms with Gasteiger partial charge in [-0.2, -0.15) is 10.5 Å². The third-order valence-corrected chi connectivity index (χ3v) is 0.994. The Balaban J connectivity index is -0.000000168. The van der Waals surface area contributed by atoms with E-state index in [1.54, 1.807) is 0 Å². The lowest BCUT2D eigenvalue weighted by molar-refractivity contribution is 0.320. The van der Waals surface area contributed by atoms with Crippen LogP contribution >= 0.6 is 25.3 Å². The summed E-state index contributed by atoms with van der Waals surface area (Å²) in [6.45, 7) is 2.29. The molecule has 0 radical (unpaired) electrons. The van der Waals surface area contributed by atoms with Gasteiger partial charge in [-0.15, -0.1) is 0 Å². The minimum Gasteiger partial charge on any atom is -0.308 e. The Morgan fingerprint density at radius 2 is 1.00 bits per heavy atom. The molecule has 0 rings (SSSR count). The van der Waals surface area contributed by atoms with Crippen LogP contribution in [0.5, 0.6) is 0 Å². The van der Waals surface area contributed by atoms with Crippen LogP contribution in [0.3, 0.4) is 0 Å². The molecule has 4 nitrogen and oxygen atoms in total. The Kier molecular flexibility index (Phi) is 25.3. The van der Waals surface area contributed by atoms with Gasteiger partial charge in [0.25, 0.3) is 0 Å². The monoisotopic (exact) mass is 234 g/mol. The van der Waals surface area contributed by atoms with Crippen LogP contribution in [0.25, 0.3) is 0 Å². The number of rotatable bonds is 3. The summed E-state index contributed by atoms with van der Waals surface area (Å²) in [5.41, 5.74) is 0. The molecule has 0 aliphatic carbocycles. The second-order valence-electron chi connectivity index (χ2n) is 2.81. The Morgan fingerprint density at radius 3 is 1.07 bits per heavy atom. The third-order valence-electron chi connectivity index (χ3n) is 0.994. The molecule has 0 aromatic carbocycles. The highest BCUT2D eigenvalue weighted by atomic mass is 32.1. The molecule has 0 saturated heterocycles. The molecule has 82 valence electrons. The number of thiol groups is 2. The molecule has 0 saturated carbocycles. The van der Waals surface area contributed by atoms with Gasteiger partial charge in [-0.1, -0.05) is 25.3 Å². The maximum atomic E-state index is 7.18. The normalized spacial score (nSPS) is 7.57. The SMILES string of the molecule is CN(C)CCN(C)C.N#CS.N#CS. The molecular formula is C8H18N4S2. The molecule has 0 fully saturated rings. The van der Waals surface area contributed by atoms with Crippen molar-refractivity contribution in [3.63, 3.8) is 0 Å². The van der Waals surface area contributed by atoms with Crippen LogP contribution in [0.1, 0.15) is 0 Å². The van der Waals surface area contributed by atoms with Gasteiger partial charge in [0, 0.05) is 13.1 Å². The van der Waals surface area contributed by atoms with Gasteiger partial charge in [0.15, 0.2) is 0 Å². The van der Waals surface area contributed by atoms with Crippen molar-refractivity contribution in [1.29, 1.82) is 10.5 Å². The molecule has 0 unspecified atom stereocenters. The average molecular weight is 234 g/mol. The van der Waals surface area contributed by atoms with Crippen molar-refractivity contribution in [2.75, 3.05) is 41.3 Å². The van der Waals surface area contributed by atoms with Crippen LogP contribution in [0.15, 0.2) is 0 Å². The zero-order valence-corrected chi connectivity index (χ0v) is 10.9. The average Bonchev–Trinajstić information content (AvgIpc) is 2.04. The number of likely N-dealkylation sites (N-methyl/N-ethyl adjacent to an activating group) is 2. The Labute approximate surface area is 97.9 Å². The second kappa shape index (κ2) is 18.4. The minimum absolute atomic E-state index is 1.15. The summed E-state index contributed by atoms with van der Waals surface area (Å²) in [5.74, 6) is 0. The molecule has 0 atom stereocenters. The van der Waals surface area contributed by atoms with Crippen LogP contribution < -0.4 is 0 Å². The van der Waals surface area contributed by atoms with E-state index in [-0.39, 0.29) is 0 Å². The number of hydrogen-bond acceptors (Lipinski definition) is 6. The van der Waals surface area contributed by atoms with Gasteiger partial charge in [-0.3, -0.25) is 0 Å². The highest BCUT2D eigenvalue weighted by Gasteiger charge is 1.89. The maximum Gasteiger partial charge on any atom is 0.130 e. The zero-order chi connectivity index (χ0) is 12.0. The summed E-state index contributed by atoms with van der Waals surface area (Å²) >= 11 is 6.19. The molecule has 0 aromatic heterocycles. The first-order valence-corrected chi connectivity index (χ1v) is 4.71. The Bertz CT molecular complexity index is 149. The largest absolute Gasteiger partial charge is 0.308 e.